The highest BCUT2D eigenvalue weighted by molar-refractivity contribution is 6.30. The van der Waals surface area contributed by atoms with Crippen LogP contribution in [0.15, 0.2) is 36.4 Å². The molecule has 2 aromatic carbocycles. The molecule has 0 unspecified atom stereocenters. The molecule has 0 saturated carbocycles. The van der Waals surface area contributed by atoms with Crippen molar-refractivity contribution in [3.63, 3.8) is 0 Å². The molecule has 1 N–H and O–H groups in total. The summed E-state index contributed by atoms with van der Waals surface area (Å²) in [5.74, 6) is -1.64. The monoisotopic (exact) mass is 354 g/mol. The minimum atomic E-state index is -1.01. The number of likely N-dealkylation sites (N-methyl/N-ethyl adjacent to an activating group) is 1. The molecule has 0 fully saturated rings. The van der Waals surface area contributed by atoms with Gasteiger partial charge in [0.25, 0.3) is 0 Å². The van der Waals surface area contributed by atoms with Crippen LogP contribution in [0.5, 0.6) is 5.75 Å². The number of nitrogens with one attached hydrogen (secondary N) is 1. The Balaban J connectivity index is 1.96. The minimum absolute atomic E-state index is 0.0641. The van der Waals surface area contributed by atoms with Gasteiger partial charge < -0.3 is 10.1 Å². The van der Waals surface area contributed by atoms with E-state index in [9.17, 15) is 13.6 Å². The lowest BCUT2D eigenvalue weighted by molar-refractivity contribution is -0.117. The van der Waals surface area contributed by atoms with Gasteiger partial charge in [-0.1, -0.05) is 11.6 Å². The third kappa shape index (κ3) is 4.91. The van der Waals surface area contributed by atoms with Crippen molar-refractivity contribution in [1.82, 2.24) is 4.90 Å². The standard InChI is InChI=1S/C17H17ClF2N2O2/c1-22(9-11-7-12(18)3-6-16(11)24-2)10-17(23)21-13-4-5-14(19)15(20)8-13/h3-8H,9-10H2,1-2H3,(H,21,23). The molecule has 128 valence electrons. The second kappa shape index (κ2) is 8.08. The molecule has 0 aliphatic rings. The molecule has 0 aliphatic carbocycles. The summed E-state index contributed by atoms with van der Waals surface area (Å²) in [6, 6.07) is 8.45. The van der Waals surface area contributed by atoms with Gasteiger partial charge in [0.1, 0.15) is 5.75 Å². The van der Waals surface area contributed by atoms with Crippen molar-refractivity contribution >= 4 is 23.2 Å². The summed E-state index contributed by atoms with van der Waals surface area (Å²) in [4.78, 5) is 13.8. The fraction of sp³-hybridized carbons (Fsp3) is 0.235. The third-order valence-corrected chi connectivity index (χ3v) is 3.53. The van der Waals surface area contributed by atoms with Gasteiger partial charge in [0, 0.05) is 28.9 Å². The van der Waals surface area contributed by atoms with Crippen LogP contribution in [0.3, 0.4) is 0 Å². The lowest BCUT2D eigenvalue weighted by atomic mass is 10.2. The van der Waals surface area contributed by atoms with Crippen LogP contribution in [0.4, 0.5) is 14.5 Å². The Morgan fingerprint density at radius 3 is 2.62 bits per heavy atom. The zero-order valence-corrected chi connectivity index (χ0v) is 14.0. The summed E-state index contributed by atoms with van der Waals surface area (Å²) in [7, 11) is 3.31. The topological polar surface area (TPSA) is 41.6 Å². The summed E-state index contributed by atoms with van der Waals surface area (Å²) < 4.78 is 31.3. The number of ether oxygens (including phenoxy) is 1. The average molecular weight is 355 g/mol. The molecule has 0 spiro atoms. The smallest absolute Gasteiger partial charge is 0.238 e. The number of hydrogen-bond acceptors (Lipinski definition) is 3. The van der Waals surface area contributed by atoms with Gasteiger partial charge in [0.15, 0.2) is 11.6 Å². The molecule has 4 nitrogen and oxygen atoms in total. The number of hydrogen-bond donors (Lipinski definition) is 1. The normalized spacial score (nSPS) is 10.8. The van der Waals surface area contributed by atoms with E-state index >= 15 is 0 Å². The molecule has 0 bridgehead atoms. The molecular weight excluding hydrogens is 338 g/mol. The lowest BCUT2D eigenvalue weighted by Crippen LogP contribution is -2.30. The van der Waals surface area contributed by atoms with Crippen LogP contribution in [0, 0.1) is 11.6 Å². The molecule has 0 atom stereocenters. The first kappa shape index (κ1) is 18.2. The van der Waals surface area contributed by atoms with Crippen molar-refractivity contribution in [1.29, 1.82) is 0 Å². The molecule has 0 heterocycles. The highest BCUT2D eigenvalue weighted by atomic mass is 35.5. The van der Waals surface area contributed by atoms with Crippen LogP contribution in [0.1, 0.15) is 5.56 Å². The summed E-state index contributed by atoms with van der Waals surface area (Å²) >= 11 is 5.98. The Kier molecular flexibility index (Phi) is 6.11. The Labute approximate surface area is 144 Å². The van der Waals surface area contributed by atoms with Crippen LogP contribution in [0.2, 0.25) is 5.02 Å². The SMILES string of the molecule is COc1ccc(Cl)cc1CN(C)CC(=O)Nc1ccc(F)c(F)c1. The molecule has 0 saturated heterocycles. The van der Waals surface area contributed by atoms with Gasteiger partial charge in [0.05, 0.1) is 13.7 Å². The average Bonchev–Trinajstić information content (AvgIpc) is 2.51. The van der Waals surface area contributed by atoms with Crippen molar-refractivity contribution in [3.05, 3.63) is 58.6 Å². The van der Waals surface area contributed by atoms with E-state index in [2.05, 4.69) is 5.32 Å². The Hall–Kier alpha value is -2.18. The molecule has 7 heteroatoms. The maximum Gasteiger partial charge on any atom is 0.238 e. The van der Waals surface area contributed by atoms with E-state index in [1.807, 2.05) is 0 Å². The molecule has 1 amide bonds. The van der Waals surface area contributed by atoms with E-state index in [1.165, 1.54) is 6.07 Å². The van der Waals surface area contributed by atoms with Gasteiger partial charge in [-0.15, -0.1) is 0 Å². The van der Waals surface area contributed by atoms with Crippen LogP contribution >= 0.6 is 11.6 Å². The summed E-state index contributed by atoms with van der Waals surface area (Å²) in [5.41, 5.74) is 1.04. The highest BCUT2D eigenvalue weighted by Crippen LogP contribution is 2.23. The second-order valence-corrected chi connectivity index (χ2v) is 5.74. The number of methoxy groups -OCH3 is 1. The number of anilines is 1. The number of amides is 1. The fourth-order valence-corrected chi connectivity index (χ4v) is 2.43. The first-order valence-corrected chi connectivity index (χ1v) is 7.52. The van der Waals surface area contributed by atoms with Gasteiger partial charge >= 0.3 is 0 Å². The van der Waals surface area contributed by atoms with Crippen molar-refractivity contribution in [2.45, 2.75) is 6.54 Å². The minimum Gasteiger partial charge on any atom is -0.496 e. The van der Waals surface area contributed by atoms with Gasteiger partial charge in [-0.05, 0) is 37.4 Å². The molecule has 0 aromatic heterocycles. The zero-order valence-electron chi connectivity index (χ0n) is 13.3. The van der Waals surface area contributed by atoms with E-state index in [4.69, 9.17) is 16.3 Å². The van der Waals surface area contributed by atoms with Gasteiger partial charge in [-0.2, -0.15) is 0 Å². The maximum atomic E-state index is 13.1. The predicted octanol–water partition coefficient (Wildman–Crippen LogP) is 3.70. The predicted molar refractivity (Wildman–Crippen MR) is 89.3 cm³/mol. The maximum absolute atomic E-state index is 13.1. The molecule has 24 heavy (non-hydrogen) atoms. The first-order chi connectivity index (χ1) is 11.4. The zero-order chi connectivity index (χ0) is 17.7. The van der Waals surface area contributed by atoms with Gasteiger partial charge in [-0.3, -0.25) is 9.69 Å². The van der Waals surface area contributed by atoms with E-state index in [0.717, 1.165) is 17.7 Å². The van der Waals surface area contributed by atoms with Crippen LogP contribution in [0.25, 0.3) is 0 Å². The van der Waals surface area contributed by atoms with Gasteiger partial charge in [0.2, 0.25) is 5.91 Å². The Morgan fingerprint density at radius 1 is 1.21 bits per heavy atom. The first-order valence-electron chi connectivity index (χ1n) is 7.15. The number of carbonyl (C=O) groups is 1. The molecular formula is C17H17ClF2N2O2. The van der Waals surface area contributed by atoms with Crippen molar-refractivity contribution in [2.75, 3.05) is 26.0 Å². The van der Waals surface area contributed by atoms with Crippen molar-refractivity contribution in [3.8, 4) is 5.75 Å². The van der Waals surface area contributed by atoms with E-state index in [0.29, 0.717) is 17.3 Å². The van der Waals surface area contributed by atoms with E-state index in [-0.39, 0.29) is 18.1 Å². The number of carbonyl (C=O) groups excluding carboxylic acids is 1. The van der Waals surface area contributed by atoms with Crippen LogP contribution < -0.4 is 10.1 Å². The third-order valence-electron chi connectivity index (χ3n) is 3.30. The van der Waals surface area contributed by atoms with Crippen molar-refractivity contribution in [2.24, 2.45) is 0 Å². The number of benzene rings is 2. The van der Waals surface area contributed by atoms with E-state index in [1.54, 1.807) is 37.3 Å². The Morgan fingerprint density at radius 2 is 1.96 bits per heavy atom. The Bertz CT molecular complexity index is 741. The van der Waals surface area contributed by atoms with Gasteiger partial charge in [-0.25, -0.2) is 8.78 Å². The van der Waals surface area contributed by atoms with Crippen molar-refractivity contribution < 1.29 is 18.3 Å². The number of halogens is 3. The second-order valence-electron chi connectivity index (χ2n) is 5.31. The highest BCUT2D eigenvalue weighted by Gasteiger charge is 2.12. The van der Waals surface area contributed by atoms with Crippen LogP contribution in [-0.2, 0) is 11.3 Å². The molecule has 0 aliphatic heterocycles. The lowest BCUT2D eigenvalue weighted by Gasteiger charge is -2.18. The molecule has 0 radical (unpaired) electrons. The number of nitrogens with zero attached hydrogens (tertiary/aromatic N) is 1. The molecule has 2 aromatic rings. The quantitative estimate of drug-likeness (QED) is 0.860. The van der Waals surface area contributed by atoms with Crippen LogP contribution in [-0.4, -0.2) is 31.5 Å². The summed E-state index contributed by atoms with van der Waals surface area (Å²) in [5, 5.41) is 3.10. The molecule has 2 rings (SSSR count). The largest absolute Gasteiger partial charge is 0.496 e. The van der Waals surface area contributed by atoms with E-state index < -0.39 is 11.6 Å². The number of rotatable bonds is 6. The fourth-order valence-electron chi connectivity index (χ4n) is 2.24. The summed E-state index contributed by atoms with van der Waals surface area (Å²) in [6.45, 7) is 0.504. The summed E-state index contributed by atoms with van der Waals surface area (Å²) in [6.07, 6.45) is 0.